The maximum atomic E-state index is 13.2. The van der Waals surface area contributed by atoms with Gasteiger partial charge in [0, 0.05) is 75.6 Å². The topological polar surface area (TPSA) is 284 Å². The molecule has 0 aliphatic rings. The Morgan fingerprint density at radius 1 is 0.564 bits per heavy atom. The van der Waals surface area contributed by atoms with E-state index in [1.165, 1.54) is 0 Å². The van der Waals surface area contributed by atoms with Gasteiger partial charge in [-0.15, -0.1) is 0 Å². The SMILES string of the molecule is C[C@H](N)C(=O)CCN(N)C(=O)c1cc2ccc(NC(=O)c3ccc4[nH]c(C(=O)Nc5ccc6cc(C(=O)N(N)CCC(=O)[C@H](C)N)[nH]c6c5)cc4c3)cc2[nH]1. The summed E-state index contributed by atoms with van der Waals surface area (Å²) in [5.41, 5.74) is 15.0. The standard InChI is InChI=1S/C38H41N11O6/c1-19(39)33(50)9-11-48(41)37(54)31-14-21-3-6-25(17-28(21)46-31)43-35(52)23-5-8-27-24(13-23)16-30(45-27)36(53)44-26-7-4-22-15-32(47-29(22)18-26)38(55)49(42)12-10-34(51)20(2)40/h3-8,13-20,45-47H,9-12,39-42H2,1-2H3,(H,43,52)(H,44,53)/t19-,20-/m0/s1. The molecule has 0 saturated heterocycles. The van der Waals surface area contributed by atoms with Gasteiger partial charge in [0.1, 0.15) is 17.1 Å². The van der Waals surface area contributed by atoms with E-state index in [1.807, 2.05) is 0 Å². The number of hydrazine groups is 2. The first-order valence-electron chi connectivity index (χ1n) is 17.4. The fraction of sp³-hybridized carbons (Fsp3) is 0.211. The van der Waals surface area contributed by atoms with Crippen LogP contribution >= 0.6 is 0 Å². The van der Waals surface area contributed by atoms with Crippen LogP contribution in [0.1, 0.15) is 68.5 Å². The lowest BCUT2D eigenvalue weighted by Gasteiger charge is -2.15. The molecule has 0 bridgehead atoms. The number of hydrogen-bond donors (Lipinski definition) is 9. The Balaban J connectivity index is 1.08. The minimum atomic E-state index is -0.642. The first kappa shape index (κ1) is 38.1. The van der Waals surface area contributed by atoms with Gasteiger partial charge in [0.25, 0.3) is 23.6 Å². The molecule has 0 aliphatic carbocycles. The Labute approximate surface area is 313 Å². The predicted molar refractivity (Wildman–Crippen MR) is 208 cm³/mol. The summed E-state index contributed by atoms with van der Waals surface area (Å²) in [5.74, 6) is 9.55. The zero-order valence-electron chi connectivity index (χ0n) is 30.1. The van der Waals surface area contributed by atoms with E-state index < -0.39 is 35.7 Å². The molecule has 0 spiro atoms. The van der Waals surface area contributed by atoms with E-state index in [0.717, 1.165) is 15.4 Å². The number of nitrogens with two attached hydrogens (primary N) is 4. The molecule has 0 saturated carbocycles. The monoisotopic (exact) mass is 747 g/mol. The minimum Gasteiger partial charge on any atom is -0.351 e. The molecule has 0 radical (unpaired) electrons. The fourth-order valence-corrected chi connectivity index (χ4v) is 5.87. The van der Waals surface area contributed by atoms with Crippen molar-refractivity contribution in [1.29, 1.82) is 0 Å². The molecule has 3 aromatic carbocycles. The van der Waals surface area contributed by atoms with Crippen molar-refractivity contribution >= 4 is 79.3 Å². The van der Waals surface area contributed by atoms with Crippen molar-refractivity contribution in [3.8, 4) is 0 Å². The molecule has 284 valence electrons. The van der Waals surface area contributed by atoms with Crippen LogP contribution in [0.25, 0.3) is 32.7 Å². The number of carbonyl (C=O) groups excluding carboxylic acids is 6. The van der Waals surface area contributed by atoms with Crippen molar-refractivity contribution < 1.29 is 28.8 Å². The van der Waals surface area contributed by atoms with Crippen molar-refractivity contribution in [2.45, 2.75) is 38.8 Å². The third-order valence-electron chi connectivity index (χ3n) is 9.08. The Morgan fingerprint density at radius 3 is 1.51 bits per heavy atom. The number of nitrogens with zero attached hydrogens (tertiary/aromatic N) is 2. The van der Waals surface area contributed by atoms with Crippen LogP contribution in [0.15, 0.2) is 72.8 Å². The van der Waals surface area contributed by atoms with Crippen LogP contribution in [-0.2, 0) is 9.59 Å². The summed E-state index contributed by atoms with van der Waals surface area (Å²) < 4.78 is 0. The van der Waals surface area contributed by atoms with Crippen molar-refractivity contribution in [3.05, 3.63) is 95.4 Å². The number of hydrogen-bond acceptors (Lipinski definition) is 10. The number of rotatable bonds is 14. The largest absolute Gasteiger partial charge is 0.351 e. The normalized spacial score (nSPS) is 12.4. The number of benzene rings is 3. The van der Waals surface area contributed by atoms with Gasteiger partial charge in [-0.3, -0.25) is 38.8 Å². The summed E-state index contributed by atoms with van der Waals surface area (Å²) in [4.78, 5) is 84.9. The number of fused-ring (bicyclic) bond motifs is 3. The zero-order chi connectivity index (χ0) is 39.6. The second-order valence-corrected chi connectivity index (χ2v) is 13.4. The smallest absolute Gasteiger partial charge is 0.284 e. The molecular weight excluding hydrogens is 706 g/mol. The number of ketones is 2. The lowest BCUT2D eigenvalue weighted by molar-refractivity contribution is -0.120. The molecule has 6 aromatic rings. The first-order valence-corrected chi connectivity index (χ1v) is 17.4. The van der Waals surface area contributed by atoms with Crippen molar-refractivity contribution in [1.82, 2.24) is 25.0 Å². The molecule has 13 N–H and O–H groups in total. The summed E-state index contributed by atoms with van der Waals surface area (Å²) in [6.45, 7) is 3.17. The number of anilines is 2. The summed E-state index contributed by atoms with van der Waals surface area (Å²) in [7, 11) is 0. The van der Waals surface area contributed by atoms with E-state index in [1.54, 1.807) is 86.6 Å². The van der Waals surface area contributed by atoms with Crippen LogP contribution in [0.3, 0.4) is 0 Å². The number of aromatic amines is 3. The molecule has 17 heteroatoms. The highest BCUT2D eigenvalue weighted by Gasteiger charge is 2.20. The Hall–Kier alpha value is -6.66. The van der Waals surface area contributed by atoms with Gasteiger partial charge in [-0.1, -0.05) is 12.1 Å². The number of H-pyrrole nitrogens is 3. The molecule has 6 rings (SSSR count). The molecule has 3 heterocycles. The van der Waals surface area contributed by atoms with Crippen LogP contribution in [0, 0.1) is 0 Å². The van der Waals surface area contributed by atoms with Gasteiger partial charge in [0.15, 0.2) is 11.6 Å². The average Bonchev–Trinajstić information content (AvgIpc) is 3.91. The number of amides is 4. The maximum Gasteiger partial charge on any atom is 0.284 e. The van der Waals surface area contributed by atoms with Gasteiger partial charge in [0.2, 0.25) is 0 Å². The Kier molecular flexibility index (Phi) is 10.9. The third-order valence-corrected chi connectivity index (χ3v) is 9.08. The number of Topliss-reactive ketones (excluding diaryl/α,β-unsaturated/α-hetero) is 2. The number of aromatic nitrogens is 3. The fourth-order valence-electron chi connectivity index (χ4n) is 5.87. The molecule has 0 unspecified atom stereocenters. The van der Waals surface area contributed by atoms with Crippen LogP contribution in [0.4, 0.5) is 11.4 Å². The number of nitrogens with one attached hydrogen (secondary N) is 5. The van der Waals surface area contributed by atoms with Crippen molar-refractivity contribution in [2.24, 2.45) is 23.2 Å². The maximum absolute atomic E-state index is 13.2. The van der Waals surface area contributed by atoms with Gasteiger partial charge in [-0.05, 0) is 74.5 Å². The van der Waals surface area contributed by atoms with E-state index in [0.29, 0.717) is 44.3 Å². The van der Waals surface area contributed by atoms with Crippen LogP contribution < -0.4 is 33.8 Å². The third kappa shape index (κ3) is 8.61. The van der Waals surface area contributed by atoms with Crippen LogP contribution in [-0.4, -0.2) is 85.3 Å². The van der Waals surface area contributed by atoms with Crippen molar-refractivity contribution in [2.75, 3.05) is 23.7 Å². The van der Waals surface area contributed by atoms with E-state index in [9.17, 15) is 28.8 Å². The van der Waals surface area contributed by atoms with Gasteiger partial charge in [-0.2, -0.15) is 0 Å². The minimum absolute atomic E-state index is 0.0139. The van der Waals surface area contributed by atoms with E-state index in [-0.39, 0.29) is 54.6 Å². The summed E-state index contributed by atoms with van der Waals surface area (Å²) in [6.07, 6.45) is 0.0736. The average molecular weight is 748 g/mol. The van der Waals surface area contributed by atoms with Gasteiger partial charge in [-0.25, -0.2) is 11.7 Å². The zero-order valence-corrected chi connectivity index (χ0v) is 30.1. The van der Waals surface area contributed by atoms with Crippen LogP contribution in [0.2, 0.25) is 0 Å². The highest BCUT2D eigenvalue weighted by Crippen LogP contribution is 2.24. The first-order chi connectivity index (χ1) is 26.2. The van der Waals surface area contributed by atoms with Gasteiger partial charge in [0.05, 0.1) is 12.1 Å². The van der Waals surface area contributed by atoms with E-state index in [2.05, 4.69) is 25.6 Å². The van der Waals surface area contributed by atoms with E-state index in [4.69, 9.17) is 23.2 Å². The predicted octanol–water partition coefficient (Wildman–Crippen LogP) is 2.88. The van der Waals surface area contributed by atoms with E-state index >= 15 is 0 Å². The highest BCUT2D eigenvalue weighted by molar-refractivity contribution is 6.10. The molecule has 0 aliphatic heterocycles. The molecule has 2 atom stereocenters. The van der Waals surface area contributed by atoms with Gasteiger partial charge < -0.3 is 37.1 Å². The Morgan fingerprint density at radius 2 is 1.02 bits per heavy atom. The molecule has 55 heavy (non-hydrogen) atoms. The molecule has 3 aromatic heterocycles. The molecule has 0 fully saturated rings. The highest BCUT2D eigenvalue weighted by atomic mass is 16.2. The second kappa shape index (κ2) is 15.7. The summed E-state index contributed by atoms with van der Waals surface area (Å²) >= 11 is 0. The lowest BCUT2D eigenvalue weighted by atomic mass is 10.1. The second-order valence-electron chi connectivity index (χ2n) is 13.4. The quantitative estimate of drug-likeness (QED) is 0.0446. The van der Waals surface area contributed by atoms with Crippen LogP contribution in [0.5, 0.6) is 0 Å². The molecule has 17 nitrogen and oxygen atoms in total. The van der Waals surface area contributed by atoms with Gasteiger partial charge >= 0.3 is 0 Å². The van der Waals surface area contributed by atoms with Crippen molar-refractivity contribution in [3.63, 3.8) is 0 Å². The molecule has 4 amide bonds. The molecular formula is C38H41N11O6. The summed E-state index contributed by atoms with van der Waals surface area (Å²) in [5, 5.41) is 9.67. The lowest BCUT2D eigenvalue weighted by Crippen LogP contribution is -2.40. The summed E-state index contributed by atoms with van der Waals surface area (Å²) in [6, 6.07) is 18.8. The Bertz CT molecular complexity index is 2340. The number of carbonyl (C=O) groups is 6.